The lowest BCUT2D eigenvalue weighted by molar-refractivity contribution is 0.0425. The molecule has 0 radical (unpaired) electrons. The molecule has 0 aromatic carbocycles. The van der Waals surface area contributed by atoms with Crippen LogP contribution in [-0.4, -0.2) is 37.7 Å². The summed E-state index contributed by atoms with van der Waals surface area (Å²) in [5.74, 6) is 0.725. The average molecular weight is 193 g/mol. The van der Waals surface area contributed by atoms with E-state index in [2.05, 4.69) is 30.1 Å². The molecule has 1 saturated heterocycles. The zero-order chi connectivity index (χ0) is 9.80. The fourth-order valence-corrected chi connectivity index (χ4v) is 1.91. The normalized spacial score (nSPS) is 28.9. The maximum atomic E-state index is 5.33. The number of nitrogens with zero attached hydrogens (tertiary/aromatic N) is 1. The number of allylic oxidation sites excluding steroid dienone is 2. The van der Waals surface area contributed by atoms with E-state index in [1.807, 2.05) is 0 Å². The molecule has 2 aliphatic rings. The Balaban J connectivity index is 1.82. The summed E-state index contributed by atoms with van der Waals surface area (Å²) in [5.41, 5.74) is 1.48. The highest BCUT2D eigenvalue weighted by molar-refractivity contribution is 5.24. The van der Waals surface area contributed by atoms with Crippen LogP contribution in [0.25, 0.3) is 0 Å². The Morgan fingerprint density at radius 2 is 2.21 bits per heavy atom. The lowest BCUT2D eigenvalue weighted by Gasteiger charge is -2.27. The molecule has 1 atom stereocenters. The topological polar surface area (TPSA) is 12.5 Å². The molecule has 0 bridgehead atoms. The molecule has 78 valence electrons. The van der Waals surface area contributed by atoms with Crippen LogP contribution >= 0.6 is 0 Å². The molecule has 14 heavy (non-hydrogen) atoms. The van der Waals surface area contributed by atoms with Crippen LogP contribution in [-0.2, 0) is 4.74 Å². The summed E-state index contributed by atoms with van der Waals surface area (Å²) >= 11 is 0. The Labute approximate surface area is 86.2 Å². The highest BCUT2D eigenvalue weighted by atomic mass is 16.5. The number of hydrogen-bond acceptors (Lipinski definition) is 2. The van der Waals surface area contributed by atoms with Crippen molar-refractivity contribution >= 4 is 0 Å². The molecule has 2 nitrogen and oxygen atoms in total. The van der Waals surface area contributed by atoms with Gasteiger partial charge in [-0.3, -0.25) is 4.90 Å². The van der Waals surface area contributed by atoms with E-state index in [9.17, 15) is 0 Å². The molecule has 2 rings (SSSR count). The van der Waals surface area contributed by atoms with Crippen molar-refractivity contribution in [3.63, 3.8) is 0 Å². The highest BCUT2D eigenvalue weighted by Gasteiger charge is 2.12. The fraction of sp³-hybridized carbons (Fsp3) is 0.667. The summed E-state index contributed by atoms with van der Waals surface area (Å²) < 4.78 is 5.33. The van der Waals surface area contributed by atoms with Crippen molar-refractivity contribution in [3.05, 3.63) is 23.8 Å². The van der Waals surface area contributed by atoms with Gasteiger partial charge in [0.05, 0.1) is 13.2 Å². The summed E-state index contributed by atoms with van der Waals surface area (Å²) in [4.78, 5) is 2.47. The molecule has 0 N–H and O–H groups in total. The van der Waals surface area contributed by atoms with Crippen LogP contribution in [0.5, 0.6) is 0 Å². The van der Waals surface area contributed by atoms with Crippen LogP contribution in [0, 0.1) is 5.92 Å². The summed E-state index contributed by atoms with van der Waals surface area (Å²) in [5, 5.41) is 0. The Hall–Kier alpha value is -0.600. The van der Waals surface area contributed by atoms with Gasteiger partial charge in [-0.1, -0.05) is 25.2 Å². The summed E-state index contributed by atoms with van der Waals surface area (Å²) in [6.45, 7) is 7.33. The minimum atomic E-state index is 0.725. The van der Waals surface area contributed by atoms with E-state index in [1.54, 1.807) is 0 Å². The molecule has 2 heteroatoms. The van der Waals surface area contributed by atoms with Gasteiger partial charge < -0.3 is 4.74 Å². The van der Waals surface area contributed by atoms with Gasteiger partial charge in [0.1, 0.15) is 0 Å². The fourth-order valence-electron chi connectivity index (χ4n) is 1.91. The lowest BCUT2D eigenvalue weighted by atomic mass is 9.98. The van der Waals surface area contributed by atoms with E-state index in [-0.39, 0.29) is 0 Å². The van der Waals surface area contributed by atoms with Gasteiger partial charge in [-0.25, -0.2) is 0 Å². The van der Waals surface area contributed by atoms with E-state index in [4.69, 9.17) is 4.74 Å². The van der Waals surface area contributed by atoms with Crippen molar-refractivity contribution in [2.75, 3.05) is 32.8 Å². The molecule has 1 fully saturated rings. The van der Waals surface area contributed by atoms with Gasteiger partial charge in [-0.2, -0.15) is 0 Å². The van der Waals surface area contributed by atoms with Crippen molar-refractivity contribution in [1.82, 2.24) is 4.90 Å². The van der Waals surface area contributed by atoms with Crippen LogP contribution in [0.2, 0.25) is 0 Å². The van der Waals surface area contributed by atoms with Gasteiger partial charge in [0, 0.05) is 19.6 Å². The number of ether oxygens (including phenoxy) is 1. The zero-order valence-corrected chi connectivity index (χ0v) is 8.91. The molecule has 0 aromatic rings. The van der Waals surface area contributed by atoms with Crippen LogP contribution in [0.4, 0.5) is 0 Å². The Kier molecular flexibility index (Phi) is 3.38. The van der Waals surface area contributed by atoms with E-state index < -0.39 is 0 Å². The largest absolute Gasteiger partial charge is 0.379 e. The summed E-state index contributed by atoms with van der Waals surface area (Å²) in [6.07, 6.45) is 8.18. The van der Waals surface area contributed by atoms with Crippen LogP contribution < -0.4 is 0 Å². The average Bonchev–Trinajstić information content (AvgIpc) is 2.23. The minimum absolute atomic E-state index is 0.725. The standard InChI is InChI=1S/C12H19NO/c1-11-2-4-12(5-3-11)10-13-6-8-14-9-7-13/h2,4-5,11H,3,6-10H2,1H3. The number of morpholine rings is 1. The maximum Gasteiger partial charge on any atom is 0.0594 e. The molecular weight excluding hydrogens is 174 g/mol. The second kappa shape index (κ2) is 4.76. The first-order valence-electron chi connectivity index (χ1n) is 5.52. The third kappa shape index (κ3) is 2.69. The van der Waals surface area contributed by atoms with Crippen LogP contribution in [0.3, 0.4) is 0 Å². The van der Waals surface area contributed by atoms with Crippen LogP contribution in [0.1, 0.15) is 13.3 Å². The molecule has 0 saturated carbocycles. The van der Waals surface area contributed by atoms with Gasteiger partial charge >= 0.3 is 0 Å². The maximum absolute atomic E-state index is 5.33. The smallest absolute Gasteiger partial charge is 0.0594 e. The third-order valence-electron chi connectivity index (χ3n) is 2.90. The van der Waals surface area contributed by atoms with Gasteiger partial charge in [0.2, 0.25) is 0 Å². The van der Waals surface area contributed by atoms with Gasteiger partial charge in [0.15, 0.2) is 0 Å². The molecule has 0 amide bonds. The first kappa shape index (κ1) is 9.94. The minimum Gasteiger partial charge on any atom is -0.379 e. The Bertz CT molecular complexity index is 239. The Morgan fingerprint density at radius 3 is 2.86 bits per heavy atom. The zero-order valence-electron chi connectivity index (χ0n) is 8.91. The molecule has 0 aromatic heterocycles. The van der Waals surface area contributed by atoms with Crippen molar-refractivity contribution in [3.8, 4) is 0 Å². The van der Waals surface area contributed by atoms with E-state index >= 15 is 0 Å². The van der Waals surface area contributed by atoms with E-state index in [1.165, 1.54) is 12.0 Å². The second-order valence-corrected chi connectivity index (χ2v) is 4.24. The summed E-state index contributed by atoms with van der Waals surface area (Å²) in [6, 6.07) is 0. The first-order chi connectivity index (χ1) is 6.84. The van der Waals surface area contributed by atoms with Crippen molar-refractivity contribution in [1.29, 1.82) is 0 Å². The molecular formula is C12H19NO. The second-order valence-electron chi connectivity index (χ2n) is 4.24. The van der Waals surface area contributed by atoms with E-state index in [0.717, 1.165) is 38.8 Å². The Morgan fingerprint density at radius 1 is 1.43 bits per heavy atom. The van der Waals surface area contributed by atoms with Crippen molar-refractivity contribution in [2.45, 2.75) is 13.3 Å². The van der Waals surface area contributed by atoms with Gasteiger partial charge in [-0.05, 0) is 17.9 Å². The monoisotopic (exact) mass is 193 g/mol. The SMILES string of the molecule is CC1C=CC(CN2CCOCC2)=CC1. The van der Waals surface area contributed by atoms with E-state index in [0.29, 0.717) is 0 Å². The highest BCUT2D eigenvalue weighted by Crippen LogP contribution is 2.16. The number of rotatable bonds is 2. The van der Waals surface area contributed by atoms with Crippen molar-refractivity contribution < 1.29 is 4.74 Å². The van der Waals surface area contributed by atoms with Gasteiger partial charge in [-0.15, -0.1) is 0 Å². The predicted octanol–water partition coefficient (Wildman–Crippen LogP) is 1.84. The third-order valence-corrected chi connectivity index (χ3v) is 2.90. The van der Waals surface area contributed by atoms with Crippen molar-refractivity contribution in [2.24, 2.45) is 5.92 Å². The lowest BCUT2D eigenvalue weighted by Crippen LogP contribution is -2.37. The summed E-state index contributed by atoms with van der Waals surface area (Å²) in [7, 11) is 0. The molecule has 0 spiro atoms. The molecule has 1 aliphatic heterocycles. The molecule has 1 heterocycles. The predicted molar refractivity (Wildman–Crippen MR) is 58.3 cm³/mol. The molecule has 1 unspecified atom stereocenters. The van der Waals surface area contributed by atoms with Gasteiger partial charge in [0.25, 0.3) is 0 Å². The first-order valence-corrected chi connectivity index (χ1v) is 5.52. The van der Waals surface area contributed by atoms with Crippen LogP contribution in [0.15, 0.2) is 23.8 Å². The number of hydrogen-bond donors (Lipinski definition) is 0. The molecule has 1 aliphatic carbocycles. The quantitative estimate of drug-likeness (QED) is 0.663.